The van der Waals surface area contributed by atoms with Gasteiger partial charge in [-0.15, -0.1) is 0 Å². The van der Waals surface area contributed by atoms with Gasteiger partial charge >= 0.3 is 0 Å². The van der Waals surface area contributed by atoms with Crippen molar-refractivity contribution in [3.63, 3.8) is 0 Å². The van der Waals surface area contributed by atoms with Crippen LogP contribution in [0.15, 0.2) is 48.8 Å². The number of rotatable bonds is 2. The maximum atomic E-state index is 12.3. The van der Waals surface area contributed by atoms with E-state index in [0.717, 1.165) is 43.7 Å². The summed E-state index contributed by atoms with van der Waals surface area (Å²) in [5, 5.41) is 6.79. The second-order valence-electron chi connectivity index (χ2n) is 7.15. The highest BCUT2D eigenvalue weighted by atomic mass is 16.1. The lowest BCUT2D eigenvalue weighted by Gasteiger charge is -2.44. The van der Waals surface area contributed by atoms with Gasteiger partial charge < -0.3 is 10.6 Å². The van der Waals surface area contributed by atoms with Gasteiger partial charge in [-0.3, -0.25) is 14.7 Å². The maximum Gasteiger partial charge on any atom is 0.222 e. The Bertz CT molecular complexity index is 738. The number of aromatic nitrogens is 1. The van der Waals surface area contributed by atoms with Gasteiger partial charge in [-0.2, -0.15) is 0 Å². The molecule has 1 spiro atoms. The van der Waals surface area contributed by atoms with Crippen LogP contribution in [0.5, 0.6) is 0 Å². The molecule has 1 aromatic heterocycles. The number of para-hydroxylation sites is 1. The molecular formula is C20H24N4O. The minimum atomic E-state index is -0.147. The van der Waals surface area contributed by atoms with Crippen molar-refractivity contribution in [2.45, 2.75) is 37.9 Å². The van der Waals surface area contributed by atoms with E-state index in [0.29, 0.717) is 13.0 Å². The van der Waals surface area contributed by atoms with Gasteiger partial charge in [0.1, 0.15) is 0 Å². The van der Waals surface area contributed by atoms with E-state index in [2.05, 4.69) is 44.8 Å². The number of likely N-dealkylation sites (tertiary alicyclic amines) is 1. The Hall–Kier alpha value is -2.40. The maximum absolute atomic E-state index is 12.3. The van der Waals surface area contributed by atoms with Gasteiger partial charge in [0.05, 0.1) is 0 Å². The lowest BCUT2D eigenvalue weighted by molar-refractivity contribution is -0.122. The monoisotopic (exact) mass is 336 g/mol. The summed E-state index contributed by atoms with van der Waals surface area (Å²) in [6, 6.07) is 12.4. The van der Waals surface area contributed by atoms with E-state index in [-0.39, 0.29) is 11.4 Å². The number of nitrogens with zero attached hydrogens (tertiary/aromatic N) is 2. The Kier molecular flexibility index (Phi) is 4.40. The highest BCUT2D eigenvalue weighted by Gasteiger charge is 2.37. The topological polar surface area (TPSA) is 57.3 Å². The van der Waals surface area contributed by atoms with Crippen LogP contribution in [-0.4, -0.2) is 34.4 Å². The highest BCUT2D eigenvalue weighted by molar-refractivity contribution is 5.79. The first-order valence-corrected chi connectivity index (χ1v) is 8.97. The number of hydrogen-bond acceptors (Lipinski definition) is 4. The summed E-state index contributed by atoms with van der Waals surface area (Å²) in [7, 11) is 0. The Morgan fingerprint density at radius 2 is 1.96 bits per heavy atom. The second-order valence-corrected chi connectivity index (χ2v) is 7.15. The molecule has 3 heterocycles. The molecule has 0 unspecified atom stereocenters. The second kappa shape index (κ2) is 6.84. The van der Waals surface area contributed by atoms with E-state index in [9.17, 15) is 4.79 Å². The summed E-state index contributed by atoms with van der Waals surface area (Å²) >= 11 is 0. The molecule has 1 saturated heterocycles. The van der Waals surface area contributed by atoms with Crippen molar-refractivity contribution in [3.8, 4) is 0 Å². The van der Waals surface area contributed by atoms with Crippen LogP contribution >= 0.6 is 0 Å². The van der Waals surface area contributed by atoms with Crippen LogP contribution in [0.1, 0.15) is 30.4 Å². The van der Waals surface area contributed by atoms with Crippen molar-refractivity contribution in [2.24, 2.45) is 0 Å². The zero-order valence-corrected chi connectivity index (χ0v) is 14.4. The van der Waals surface area contributed by atoms with E-state index in [4.69, 9.17) is 0 Å². The molecule has 1 amide bonds. The minimum Gasteiger partial charge on any atom is -0.379 e. The van der Waals surface area contributed by atoms with Crippen LogP contribution in [0, 0.1) is 0 Å². The van der Waals surface area contributed by atoms with E-state index in [1.54, 1.807) is 0 Å². The smallest absolute Gasteiger partial charge is 0.222 e. The van der Waals surface area contributed by atoms with Crippen molar-refractivity contribution in [3.05, 3.63) is 59.9 Å². The number of hydrogen-bond donors (Lipinski definition) is 2. The number of piperidine rings is 1. The van der Waals surface area contributed by atoms with Gasteiger partial charge in [-0.1, -0.05) is 24.3 Å². The molecule has 1 aromatic carbocycles. The quantitative estimate of drug-likeness (QED) is 0.885. The van der Waals surface area contributed by atoms with Crippen LogP contribution in [-0.2, 0) is 17.9 Å². The standard InChI is InChI=1S/C20H24N4O/c25-19-12-20(23-18-6-2-1-5-17(18)14-22-19)7-10-24(11-8-20)15-16-4-3-9-21-13-16/h1-6,9,13,23H,7-8,10-12,14-15H2,(H,22,25). The van der Waals surface area contributed by atoms with E-state index in [1.807, 2.05) is 24.5 Å². The Morgan fingerprint density at radius 3 is 2.76 bits per heavy atom. The Balaban J connectivity index is 1.48. The van der Waals surface area contributed by atoms with Crippen LogP contribution in [0.2, 0.25) is 0 Å². The summed E-state index contributed by atoms with van der Waals surface area (Å²) < 4.78 is 0. The van der Waals surface area contributed by atoms with Crippen molar-refractivity contribution >= 4 is 11.6 Å². The van der Waals surface area contributed by atoms with Gasteiger partial charge in [-0.25, -0.2) is 0 Å². The van der Waals surface area contributed by atoms with Crippen molar-refractivity contribution in [1.29, 1.82) is 0 Å². The molecule has 5 heteroatoms. The van der Waals surface area contributed by atoms with Crippen molar-refractivity contribution in [1.82, 2.24) is 15.2 Å². The molecule has 0 bridgehead atoms. The molecule has 0 atom stereocenters. The number of amides is 1. The lowest BCUT2D eigenvalue weighted by atomic mass is 9.82. The van der Waals surface area contributed by atoms with Crippen LogP contribution < -0.4 is 10.6 Å². The lowest BCUT2D eigenvalue weighted by Crippen LogP contribution is -2.52. The van der Waals surface area contributed by atoms with Gasteiger partial charge in [0.15, 0.2) is 0 Å². The summed E-state index contributed by atoms with van der Waals surface area (Å²) in [5.41, 5.74) is 3.41. The molecule has 5 nitrogen and oxygen atoms in total. The number of anilines is 1. The molecule has 2 N–H and O–H groups in total. The van der Waals surface area contributed by atoms with Crippen LogP contribution in [0.25, 0.3) is 0 Å². The van der Waals surface area contributed by atoms with Crippen molar-refractivity contribution < 1.29 is 4.79 Å². The normalized spacial score (nSPS) is 20.1. The summed E-state index contributed by atoms with van der Waals surface area (Å²) in [5.74, 6) is 0.141. The van der Waals surface area contributed by atoms with Gasteiger partial charge in [0, 0.05) is 56.2 Å². The van der Waals surface area contributed by atoms with Gasteiger partial charge in [-0.05, 0) is 36.1 Å². The van der Waals surface area contributed by atoms with Crippen LogP contribution in [0.3, 0.4) is 0 Å². The number of fused-ring (bicyclic) bond motifs is 1. The molecule has 2 aromatic rings. The summed E-state index contributed by atoms with van der Waals surface area (Å²) in [6.45, 7) is 3.49. The molecule has 25 heavy (non-hydrogen) atoms. The summed E-state index contributed by atoms with van der Waals surface area (Å²) in [6.07, 6.45) is 6.22. The molecule has 2 aliphatic rings. The molecule has 0 saturated carbocycles. The number of pyridine rings is 1. The highest BCUT2D eigenvalue weighted by Crippen LogP contribution is 2.33. The number of carbonyl (C=O) groups is 1. The third-order valence-electron chi connectivity index (χ3n) is 5.33. The van der Waals surface area contributed by atoms with E-state index >= 15 is 0 Å². The Labute approximate surface area is 148 Å². The minimum absolute atomic E-state index is 0.141. The largest absolute Gasteiger partial charge is 0.379 e. The molecular weight excluding hydrogens is 312 g/mol. The average molecular weight is 336 g/mol. The predicted molar refractivity (Wildman–Crippen MR) is 98.0 cm³/mol. The first-order chi connectivity index (χ1) is 12.2. The van der Waals surface area contributed by atoms with Gasteiger partial charge in [0.25, 0.3) is 0 Å². The first kappa shape index (κ1) is 16.1. The first-order valence-electron chi connectivity index (χ1n) is 8.97. The SMILES string of the molecule is O=C1CC2(CCN(Cc3cccnc3)CC2)Nc2ccccc2CN1. The molecule has 1 fully saturated rings. The number of nitrogens with one attached hydrogen (secondary N) is 2. The zero-order valence-electron chi connectivity index (χ0n) is 14.4. The van der Waals surface area contributed by atoms with Gasteiger partial charge in [0.2, 0.25) is 5.91 Å². The molecule has 4 rings (SSSR count). The third kappa shape index (κ3) is 3.66. The predicted octanol–water partition coefficient (Wildman–Crippen LogP) is 2.55. The third-order valence-corrected chi connectivity index (χ3v) is 5.33. The fourth-order valence-electron chi connectivity index (χ4n) is 3.88. The zero-order chi connectivity index (χ0) is 17.1. The molecule has 2 aliphatic heterocycles. The van der Waals surface area contributed by atoms with Crippen molar-refractivity contribution in [2.75, 3.05) is 18.4 Å². The van der Waals surface area contributed by atoms with Crippen LogP contribution in [0.4, 0.5) is 5.69 Å². The summed E-state index contributed by atoms with van der Waals surface area (Å²) in [4.78, 5) is 19.0. The average Bonchev–Trinajstić information content (AvgIpc) is 2.63. The fourth-order valence-corrected chi connectivity index (χ4v) is 3.88. The number of benzene rings is 1. The number of carbonyl (C=O) groups excluding carboxylic acids is 1. The van der Waals surface area contributed by atoms with E-state index < -0.39 is 0 Å². The molecule has 130 valence electrons. The van der Waals surface area contributed by atoms with E-state index in [1.165, 1.54) is 5.56 Å². The fraction of sp³-hybridized carbons (Fsp3) is 0.400. The Morgan fingerprint density at radius 1 is 1.12 bits per heavy atom. The molecule has 0 aliphatic carbocycles. The molecule has 0 radical (unpaired) electrons.